The summed E-state index contributed by atoms with van der Waals surface area (Å²) in [6.45, 7) is 0. The van der Waals surface area contributed by atoms with Crippen LogP contribution in [0.15, 0.2) is 39.6 Å². The molecule has 0 radical (unpaired) electrons. The molecule has 0 saturated heterocycles. The fourth-order valence-corrected chi connectivity index (χ4v) is 8.20. The molecule has 27 heavy (non-hydrogen) atoms. The highest BCUT2D eigenvalue weighted by atomic mass is 16.5. The zero-order valence-electron chi connectivity index (χ0n) is 14.3. The zero-order chi connectivity index (χ0) is 17.7. The molecule has 8 unspecified atom stereocenters. The lowest BCUT2D eigenvalue weighted by atomic mass is 9.32. The number of ketones is 1. The number of H-pyrrole nitrogens is 1. The second kappa shape index (κ2) is 3.77. The summed E-state index contributed by atoms with van der Waals surface area (Å²) in [7, 11) is 0. The van der Waals surface area contributed by atoms with Gasteiger partial charge in [-0.1, -0.05) is 5.16 Å². The maximum Gasteiger partial charge on any atom is 0.248 e. The molecule has 6 heteroatoms. The number of Topliss-reactive ketones (excluding diaryl/α,β-unsaturated/α-hetero) is 1. The van der Waals surface area contributed by atoms with Gasteiger partial charge in [0, 0.05) is 29.0 Å². The van der Waals surface area contributed by atoms with Crippen LogP contribution in [0, 0.1) is 41.4 Å². The Morgan fingerprint density at radius 1 is 1.11 bits per heavy atom. The molecule has 6 saturated carbocycles. The maximum absolute atomic E-state index is 12.8. The van der Waals surface area contributed by atoms with E-state index in [1.807, 2.05) is 18.2 Å². The number of fused-ring (bicyclic) bond motifs is 1. The van der Waals surface area contributed by atoms with Crippen LogP contribution in [0.25, 0.3) is 22.3 Å². The molecule has 3 aromatic rings. The molecule has 9 rings (SSSR count). The number of carbonyl (C=O) groups excluding carboxylic acids is 1. The van der Waals surface area contributed by atoms with E-state index >= 15 is 0 Å². The molecular formula is C21H15N3O3. The Hall–Kier alpha value is -2.76. The first kappa shape index (κ1) is 13.4. The van der Waals surface area contributed by atoms with Gasteiger partial charge in [0.2, 0.25) is 17.3 Å². The third-order valence-electron chi connectivity index (χ3n) is 8.64. The van der Waals surface area contributed by atoms with Gasteiger partial charge in [-0.3, -0.25) is 9.59 Å². The zero-order valence-corrected chi connectivity index (χ0v) is 14.3. The van der Waals surface area contributed by atoms with E-state index in [0.29, 0.717) is 41.2 Å². The van der Waals surface area contributed by atoms with Gasteiger partial charge < -0.3 is 9.51 Å². The number of aromatic amines is 1. The quantitative estimate of drug-likeness (QED) is 0.759. The van der Waals surface area contributed by atoms with Crippen molar-refractivity contribution in [3.63, 3.8) is 0 Å². The lowest BCUT2D eigenvalue weighted by Gasteiger charge is -2.69. The number of nitrogens with zero attached hydrogens (tertiary/aromatic N) is 2. The molecule has 132 valence electrons. The van der Waals surface area contributed by atoms with Crippen LogP contribution in [-0.4, -0.2) is 20.9 Å². The van der Waals surface area contributed by atoms with Crippen LogP contribution in [0.2, 0.25) is 0 Å². The first-order valence-corrected chi connectivity index (χ1v) is 9.71. The molecule has 6 nitrogen and oxygen atoms in total. The van der Waals surface area contributed by atoms with Gasteiger partial charge in [0.15, 0.2) is 0 Å². The normalized spacial score (nSPS) is 44.1. The van der Waals surface area contributed by atoms with E-state index in [4.69, 9.17) is 9.51 Å². The number of pyridine rings is 1. The second-order valence-electron chi connectivity index (χ2n) is 9.08. The summed E-state index contributed by atoms with van der Waals surface area (Å²) in [6.07, 6.45) is 1.25. The minimum absolute atomic E-state index is 0.116. The minimum atomic E-state index is -0.128. The van der Waals surface area contributed by atoms with E-state index in [9.17, 15) is 9.59 Å². The van der Waals surface area contributed by atoms with Crippen molar-refractivity contribution in [3.05, 3.63) is 46.6 Å². The van der Waals surface area contributed by atoms with Crippen molar-refractivity contribution in [3.8, 4) is 11.4 Å². The van der Waals surface area contributed by atoms with Gasteiger partial charge in [0.1, 0.15) is 5.78 Å². The lowest BCUT2D eigenvalue weighted by Crippen LogP contribution is -2.73. The number of hydrogen-bond donors (Lipinski definition) is 1. The number of aromatic nitrogens is 3. The predicted octanol–water partition coefficient (Wildman–Crippen LogP) is 2.16. The van der Waals surface area contributed by atoms with E-state index in [1.54, 1.807) is 6.07 Å². The van der Waals surface area contributed by atoms with Gasteiger partial charge in [-0.2, -0.15) is 4.98 Å². The molecule has 2 aromatic heterocycles. The molecule has 0 aliphatic heterocycles. The number of nitrogens with one attached hydrogen (secondary N) is 1. The second-order valence-corrected chi connectivity index (χ2v) is 9.08. The van der Waals surface area contributed by atoms with Gasteiger partial charge in [0.25, 0.3) is 0 Å². The van der Waals surface area contributed by atoms with Gasteiger partial charge >= 0.3 is 0 Å². The van der Waals surface area contributed by atoms with Crippen molar-refractivity contribution < 1.29 is 9.32 Å². The highest BCUT2D eigenvalue weighted by Gasteiger charge is 2.95. The SMILES string of the molecule is O=C1C2C3CC4C2C2(c5nc(-c6ccc7[nH]c(=O)ccc7c6)no5)C1C3C42. The standard InChI is InChI=1S/C21H15N3O3/c25-12-4-2-7-5-8(1-3-11(7)22-12)19-23-20(27-24-19)21-15-10-6-9-13(15)17(21)18(26)14(9)16(10)21/h1-5,9-10,13-17H,6H2,(H,22,25). The highest BCUT2D eigenvalue weighted by molar-refractivity contribution is 5.96. The van der Waals surface area contributed by atoms with Gasteiger partial charge in [0.05, 0.1) is 5.41 Å². The predicted molar refractivity (Wildman–Crippen MR) is 93.6 cm³/mol. The van der Waals surface area contributed by atoms with Crippen LogP contribution in [0.5, 0.6) is 0 Å². The number of hydrogen-bond acceptors (Lipinski definition) is 5. The van der Waals surface area contributed by atoms with Crippen LogP contribution in [-0.2, 0) is 10.2 Å². The first-order valence-electron chi connectivity index (χ1n) is 9.71. The van der Waals surface area contributed by atoms with E-state index in [0.717, 1.165) is 22.4 Å². The number of carbonyl (C=O) groups is 1. The molecule has 6 fully saturated rings. The molecule has 6 aliphatic carbocycles. The average molecular weight is 357 g/mol. The topological polar surface area (TPSA) is 88.9 Å². The summed E-state index contributed by atoms with van der Waals surface area (Å²) in [6, 6.07) is 9.04. The summed E-state index contributed by atoms with van der Waals surface area (Å²) < 4.78 is 5.77. The molecule has 6 aliphatic rings. The van der Waals surface area contributed by atoms with E-state index in [-0.39, 0.29) is 22.8 Å². The Morgan fingerprint density at radius 2 is 2.04 bits per heavy atom. The molecule has 4 bridgehead atoms. The number of benzene rings is 1. The summed E-state index contributed by atoms with van der Waals surface area (Å²) in [5.74, 6) is 5.24. The monoisotopic (exact) mass is 357 g/mol. The fraction of sp³-hybridized carbons (Fsp3) is 0.429. The van der Waals surface area contributed by atoms with E-state index in [2.05, 4.69) is 10.1 Å². The Balaban J connectivity index is 1.25. The number of rotatable bonds is 2. The van der Waals surface area contributed by atoms with Crippen molar-refractivity contribution in [2.24, 2.45) is 41.4 Å². The van der Waals surface area contributed by atoms with Crippen LogP contribution >= 0.6 is 0 Å². The Bertz CT molecular complexity index is 1270. The Morgan fingerprint density at radius 3 is 2.93 bits per heavy atom. The summed E-state index contributed by atoms with van der Waals surface area (Å²) >= 11 is 0. The van der Waals surface area contributed by atoms with Gasteiger partial charge in [-0.15, -0.1) is 0 Å². The van der Waals surface area contributed by atoms with Crippen molar-refractivity contribution >= 4 is 16.7 Å². The molecule has 0 amide bonds. The lowest BCUT2D eigenvalue weighted by molar-refractivity contribution is -0.214. The van der Waals surface area contributed by atoms with Gasteiger partial charge in [-0.25, -0.2) is 0 Å². The smallest absolute Gasteiger partial charge is 0.248 e. The fourth-order valence-electron chi connectivity index (χ4n) is 8.20. The maximum atomic E-state index is 12.8. The third-order valence-corrected chi connectivity index (χ3v) is 8.64. The highest BCUT2D eigenvalue weighted by Crippen LogP contribution is 2.92. The minimum Gasteiger partial charge on any atom is -0.338 e. The largest absolute Gasteiger partial charge is 0.338 e. The summed E-state index contributed by atoms with van der Waals surface area (Å²) in [5, 5.41) is 5.19. The molecule has 1 aromatic carbocycles. The molecule has 2 heterocycles. The average Bonchev–Trinajstić information content (AvgIpc) is 3.36. The van der Waals surface area contributed by atoms with Crippen molar-refractivity contribution in [2.75, 3.05) is 0 Å². The summed E-state index contributed by atoms with van der Waals surface area (Å²) in [4.78, 5) is 31.9. The summed E-state index contributed by atoms with van der Waals surface area (Å²) in [5.41, 5.74) is 1.41. The van der Waals surface area contributed by atoms with E-state index < -0.39 is 0 Å². The molecule has 0 spiro atoms. The molecule has 1 N–H and O–H groups in total. The Kier molecular flexibility index (Phi) is 1.87. The van der Waals surface area contributed by atoms with Crippen LogP contribution in [0.3, 0.4) is 0 Å². The Labute approximate surface area is 153 Å². The molecular weight excluding hydrogens is 342 g/mol. The van der Waals surface area contributed by atoms with Crippen LogP contribution < -0.4 is 5.56 Å². The van der Waals surface area contributed by atoms with E-state index in [1.165, 1.54) is 12.5 Å². The molecule has 8 atom stereocenters. The van der Waals surface area contributed by atoms with Crippen molar-refractivity contribution in [2.45, 2.75) is 11.8 Å². The van der Waals surface area contributed by atoms with Gasteiger partial charge in [-0.05, 0) is 65.7 Å². The third kappa shape index (κ3) is 1.13. The van der Waals surface area contributed by atoms with Crippen LogP contribution in [0.4, 0.5) is 0 Å². The van der Waals surface area contributed by atoms with Crippen molar-refractivity contribution in [1.82, 2.24) is 15.1 Å². The van der Waals surface area contributed by atoms with Crippen LogP contribution in [0.1, 0.15) is 12.3 Å². The first-order chi connectivity index (χ1) is 13.2. The van der Waals surface area contributed by atoms with Crippen molar-refractivity contribution in [1.29, 1.82) is 0 Å².